The fourth-order valence-electron chi connectivity index (χ4n) is 5.00. The van der Waals surface area contributed by atoms with Crippen molar-refractivity contribution >= 4 is 51.7 Å². The number of non-ortho nitro benzene ring substituents is 1. The Morgan fingerprint density at radius 2 is 1.74 bits per heavy atom. The molecule has 1 aromatic heterocycles. The molecule has 0 aliphatic carbocycles. The molecule has 0 unspecified atom stereocenters. The van der Waals surface area contributed by atoms with Crippen molar-refractivity contribution in [2.75, 3.05) is 27.4 Å². The zero-order valence-electron chi connectivity index (χ0n) is 25.9. The van der Waals surface area contributed by atoms with Gasteiger partial charge in [0.25, 0.3) is 11.2 Å². The zero-order valence-corrected chi connectivity index (χ0v) is 28.8. The average Bonchev–Trinajstić information content (AvgIpc) is 3.38. The first-order valence-corrected chi connectivity index (χ1v) is 16.3. The van der Waals surface area contributed by atoms with Crippen LogP contribution in [0.5, 0.6) is 23.0 Å². The van der Waals surface area contributed by atoms with Crippen LogP contribution in [0.1, 0.15) is 36.6 Å². The Bertz CT molecular complexity index is 2040. The summed E-state index contributed by atoms with van der Waals surface area (Å²) in [6.45, 7) is 4.65. The Kier molecular flexibility index (Phi) is 10.6. The Morgan fingerprint density at radius 1 is 1.02 bits per heavy atom. The number of thiazole rings is 1. The normalized spacial score (nSPS) is 14.0. The van der Waals surface area contributed by atoms with Gasteiger partial charge >= 0.3 is 5.97 Å². The van der Waals surface area contributed by atoms with Crippen molar-refractivity contribution in [1.82, 2.24) is 4.57 Å². The molecule has 0 N–H and O–H groups in total. The number of methoxy groups -OCH3 is 2. The van der Waals surface area contributed by atoms with E-state index in [9.17, 15) is 19.7 Å². The fourth-order valence-corrected chi connectivity index (χ4v) is 6.58. The summed E-state index contributed by atoms with van der Waals surface area (Å²) in [7, 11) is 2.79. The van der Waals surface area contributed by atoms with E-state index in [1.54, 1.807) is 42.5 Å². The monoisotopic (exact) mass is 771 g/mol. The van der Waals surface area contributed by atoms with Crippen molar-refractivity contribution in [1.29, 1.82) is 0 Å². The van der Waals surface area contributed by atoms with Gasteiger partial charge in [0, 0.05) is 27.5 Å². The van der Waals surface area contributed by atoms with Gasteiger partial charge in [-0.25, -0.2) is 9.79 Å². The third kappa shape index (κ3) is 7.17. The molecule has 3 aromatic carbocycles. The minimum atomic E-state index is -0.848. The number of ether oxygens (including phenoxy) is 5. The minimum absolute atomic E-state index is 0.0235. The van der Waals surface area contributed by atoms with Crippen molar-refractivity contribution < 1.29 is 33.4 Å². The number of nitro benzene ring substituents is 1. The number of rotatable bonds is 12. The molecule has 0 fully saturated rings. The van der Waals surface area contributed by atoms with Gasteiger partial charge in [-0.3, -0.25) is 19.5 Å². The molecule has 0 saturated carbocycles. The van der Waals surface area contributed by atoms with Gasteiger partial charge in [-0.05, 0) is 90.0 Å². The topological polar surface area (TPSA) is 141 Å². The summed E-state index contributed by atoms with van der Waals surface area (Å²) in [6, 6.07) is 14.1. The molecule has 1 atom stereocenters. The van der Waals surface area contributed by atoms with Gasteiger partial charge in [-0.2, -0.15) is 0 Å². The lowest BCUT2D eigenvalue weighted by atomic mass is 9.97. The second-order valence-corrected chi connectivity index (χ2v) is 12.2. The van der Waals surface area contributed by atoms with Gasteiger partial charge in [0.05, 0.1) is 48.5 Å². The van der Waals surface area contributed by atoms with Crippen LogP contribution < -0.4 is 33.8 Å². The first kappa shape index (κ1) is 33.7. The second kappa shape index (κ2) is 14.8. The Hall–Kier alpha value is -4.70. The highest BCUT2D eigenvalue weighted by Crippen LogP contribution is 2.36. The third-order valence-electron chi connectivity index (χ3n) is 7.09. The number of nitro groups is 1. The Labute approximate surface area is 286 Å². The lowest BCUT2D eigenvalue weighted by Gasteiger charge is -2.23. The lowest BCUT2D eigenvalue weighted by Crippen LogP contribution is -2.39. The highest BCUT2D eigenvalue weighted by Gasteiger charge is 2.31. The number of hydrogen-bond acceptors (Lipinski definition) is 11. The summed E-state index contributed by atoms with van der Waals surface area (Å²) in [5.74, 6) is 1.24. The summed E-state index contributed by atoms with van der Waals surface area (Å²) in [4.78, 5) is 42.6. The maximum atomic E-state index is 14.2. The molecule has 5 rings (SSSR count). The number of nitrogens with zero attached hydrogens (tertiary/aromatic N) is 3. The van der Waals surface area contributed by atoms with Crippen molar-refractivity contribution in [3.63, 3.8) is 0 Å². The second-order valence-electron chi connectivity index (χ2n) is 9.99. The van der Waals surface area contributed by atoms with Crippen LogP contribution in [0.25, 0.3) is 6.08 Å². The van der Waals surface area contributed by atoms with Crippen molar-refractivity contribution in [3.05, 3.63) is 116 Å². The highest BCUT2D eigenvalue weighted by molar-refractivity contribution is 14.1. The van der Waals surface area contributed by atoms with E-state index in [-0.39, 0.29) is 23.4 Å². The largest absolute Gasteiger partial charge is 0.493 e. The number of esters is 1. The van der Waals surface area contributed by atoms with Crippen molar-refractivity contribution in [3.8, 4) is 23.0 Å². The van der Waals surface area contributed by atoms with Crippen LogP contribution in [-0.2, 0) is 16.1 Å². The summed E-state index contributed by atoms with van der Waals surface area (Å²) in [6.07, 6.45) is 3.12. The van der Waals surface area contributed by atoms with E-state index < -0.39 is 16.9 Å². The molecule has 244 valence electrons. The summed E-state index contributed by atoms with van der Waals surface area (Å²) in [5, 5.41) is 11.1. The summed E-state index contributed by atoms with van der Waals surface area (Å²) >= 11 is 3.31. The van der Waals surface area contributed by atoms with Crippen LogP contribution in [0, 0.1) is 13.7 Å². The molecular formula is C33H30IN3O9S. The third-order valence-corrected chi connectivity index (χ3v) is 8.71. The molecule has 1 aliphatic heterocycles. The number of carbonyl (C=O) groups excluding carboxylic acids is 1. The Morgan fingerprint density at radius 3 is 2.40 bits per heavy atom. The average molecular weight is 772 g/mol. The highest BCUT2D eigenvalue weighted by atomic mass is 127. The van der Waals surface area contributed by atoms with Crippen LogP contribution >= 0.6 is 33.9 Å². The fraction of sp³-hybridized carbons (Fsp3) is 0.242. The molecular weight excluding hydrogens is 741 g/mol. The maximum absolute atomic E-state index is 14.2. The predicted octanol–water partition coefficient (Wildman–Crippen LogP) is 4.92. The van der Waals surface area contributed by atoms with Crippen LogP contribution in [-0.4, -0.2) is 42.9 Å². The predicted molar refractivity (Wildman–Crippen MR) is 183 cm³/mol. The van der Waals surface area contributed by atoms with Gasteiger partial charge in [0.2, 0.25) is 0 Å². The SMILES string of the molecule is CCOc1ccc([C@@H]2C(C(=O)OC)=CN=c3s/c(=C/c4cc(I)cc(OC)c4OCc4ccc([N+](=O)[O-])cc4)c(=O)n32)cc1OCC. The standard InChI is InChI=1S/C33H30IN3O9S/c1-5-44-25-12-9-20(14-26(25)45-6-2)29-24(32(39)43-4)17-35-33-36(29)31(38)28(47-33)15-21-13-22(34)16-27(42-3)30(21)46-18-19-7-10-23(11-8-19)37(40)41/h7-17,29H,5-6,18H2,1-4H3/b28-15+/t29-/m1/s1. The van der Waals surface area contributed by atoms with Gasteiger partial charge in [-0.1, -0.05) is 17.4 Å². The summed E-state index contributed by atoms with van der Waals surface area (Å²) in [5.41, 5.74) is 1.67. The van der Waals surface area contributed by atoms with E-state index in [2.05, 4.69) is 27.6 Å². The molecule has 0 spiro atoms. The van der Waals surface area contributed by atoms with E-state index in [4.69, 9.17) is 23.7 Å². The Balaban J connectivity index is 1.61. The van der Waals surface area contributed by atoms with Crippen molar-refractivity contribution in [2.24, 2.45) is 4.99 Å². The molecule has 0 saturated heterocycles. The molecule has 0 amide bonds. The molecule has 0 radical (unpaired) electrons. The van der Waals surface area contributed by atoms with Gasteiger partial charge in [0.15, 0.2) is 27.8 Å². The van der Waals surface area contributed by atoms with Crippen molar-refractivity contribution in [2.45, 2.75) is 26.5 Å². The quantitative estimate of drug-likeness (QED) is 0.0851. The molecule has 12 nitrogen and oxygen atoms in total. The van der Waals surface area contributed by atoms with E-state index in [0.717, 1.165) is 14.9 Å². The number of halogens is 1. The number of aromatic nitrogens is 1. The smallest absolute Gasteiger partial charge is 0.337 e. The molecule has 4 aromatic rings. The van der Waals surface area contributed by atoms with Crippen LogP contribution in [0.15, 0.2) is 76.2 Å². The van der Waals surface area contributed by atoms with E-state index in [0.29, 0.717) is 62.2 Å². The molecule has 0 bridgehead atoms. The van der Waals surface area contributed by atoms with Crippen LogP contribution in [0.3, 0.4) is 0 Å². The number of benzene rings is 3. The summed E-state index contributed by atoms with van der Waals surface area (Å²) < 4.78 is 31.1. The first-order chi connectivity index (χ1) is 22.7. The van der Waals surface area contributed by atoms with Gasteiger partial charge < -0.3 is 23.7 Å². The molecule has 2 heterocycles. The van der Waals surface area contributed by atoms with E-state index in [1.807, 2.05) is 19.9 Å². The van der Waals surface area contributed by atoms with Gasteiger partial charge in [0.1, 0.15) is 6.61 Å². The van der Waals surface area contributed by atoms with E-state index in [1.165, 1.54) is 37.1 Å². The number of fused-ring (bicyclic) bond motifs is 1. The number of hydrogen-bond donors (Lipinski definition) is 0. The van der Waals surface area contributed by atoms with Crippen LogP contribution in [0.2, 0.25) is 0 Å². The zero-order chi connectivity index (χ0) is 33.7. The minimum Gasteiger partial charge on any atom is -0.493 e. The number of carbonyl (C=O) groups is 1. The van der Waals surface area contributed by atoms with E-state index >= 15 is 0 Å². The lowest BCUT2D eigenvalue weighted by molar-refractivity contribution is -0.384. The van der Waals surface area contributed by atoms with Crippen LogP contribution in [0.4, 0.5) is 5.69 Å². The van der Waals surface area contributed by atoms with Gasteiger partial charge in [-0.15, -0.1) is 0 Å². The molecule has 1 aliphatic rings. The maximum Gasteiger partial charge on any atom is 0.337 e. The molecule has 14 heteroatoms. The first-order valence-electron chi connectivity index (χ1n) is 14.4. The molecule has 47 heavy (non-hydrogen) atoms.